The Morgan fingerprint density at radius 3 is 2.40 bits per heavy atom. The third-order valence-electron chi connectivity index (χ3n) is 4.83. The van der Waals surface area contributed by atoms with Crippen LogP contribution in [0.2, 0.25) is 10.0 Å². The van der Waals surface area contributed by atoms with Gasteiger partial charge in [-0.1, -0.05) is 60.8 Å². The summed E-state index contributed by atoms with van der Waals surface area (Å²) in [5, 5.41) is 3.76. The molecule has 0 aliphatic heterocycles. The van der Waals surface area contributed by atoms with Gasteiger partial charge in [0.15, 0.2) is 6.61 Å². The zero-order chi connectivity index (χ0) is 22.1. The molecular formula is C23H28Cl2N2O3. The van der Waals surface area contributed by atoms with Crippen LogP contribution in [0.5, 0.6) is 5.75 Å². The van der Waals surface area contributed by atoms with E-state index in [1.807, 2.05) is 32.0 Å². The molecule has 1 N–H and O–H groups in total. The molecule has 0 aliphatic rings. The van der Waals surface area contributed by atoms with Gasteiger partial charge in [0.25, 0.3) is 5.91 Å². The molecule has 0 saturated carbocycles. The molecule has 0 bridgehead atoms. The van der Waals surface area contributed by atoms with Crippen molar-refractivity contribution in [1.29, 1.82) is 0 Å². The molecule has 5 nitrogen and oxygen atoms in total. The van der Waals surface area contributed by atoms with Crippen LogP contribution in [0.3, 0.4) is 0 Å². The third kappa shape index (κ3) is 6.64. The maximum Gasteiger partial charge on any atom is 0.261 e. The lowest BCUT2D eigenvalue weighted by atomic mass is 10.1. The summed E-state index contributed by atoms with van der Waals surface area (Å²) in [7, 11) is 0. The van der Waals surface area contributed by atoms with Crippen molar-refractivity contribution in [2.24, 2.45) is 0 Å². The van der Waals surface area contributed by atoms with E-state index in [4.69, 9.17) is 27.9 Å². The largest absolute Gasteiger partial charge is 0.484 e. The van der Waals surface area contributed by atoms with Gasteiger partial charge in [-0.05, 0) is 44.0 Å². The molecule has 2 amide bonds. The minimum absolute atomic E-state index is 0.108. The summed E-state index contributed by atoms with van der Waals surface area (Å²) in [6, 6.07) is 11.9. The molecule has 2 aromatic rings. The fourth-order valence-electron chi connectivity index (χ4n) is 2.91. The number of carbonyl (C=O) groups is 2. The van der Waals surface area contributed by atoms with Gasteiger partial charge in [0.1, 0.15) is 11.8 Å². The van der Waals surface area contributed by atoms with E-state index in [1.54, 1.807) is 31.2 Å². The minimum Gasteiger partial charge on any atom is -0.484 e. The molecule has 7 heteroatoms. The normalized spacial score (nSPS) is 11.6. The number of unbranched alkanes of at least 4 members (excludes halogenated alkanes) is 1. The van der Waals surface area contributed by atoms with Crippen molar-refractivity contribution in [3.63, 3.8) is 0 Å². The molecule has 0 aromatic heterocycles. The van der Waals surface area contributed by atoms with Gasteiger partial charge in [0.2, 0.25) is 5.91 Å². The first-order chi connectivity index (χ1) is 14.3. The van der Waals surface area contributed by atoms with Gasteiger partial charge in [0.05, 0.1) is 0 Å². The summed E-state index contributed by atoms with van der Waals surface area (Å²) >= 11 is 12.6. The highest BCUT2D eigenvalue weighted by molar-refractivity contribution is 6.36. The van der Waals surface area contributed by atoms with E-state index in [2.05, 4.69) is 5.32 Å². The van der Waals surface area contributed by atoms with Crippen molar-refractivity contribution in [3.8, 4) is 5.75 Å². The van der Waals surface area contributed by atoms with Gasteiger partial charge in [-0.2, -0.15) is 0 Å². The fraction of sp³-hybridized carbons (Fsp3) is 0.391. The van der Waals surface area contributed by atoms with Crippen LogP contribution in [0.25, 0.3) is 0 Å². The number of para-hydroxylation sites is 1. The number of amides is 2. The number of carbonyl (C=O) groups excluding carboxylic acids is 2. The zero-order valence-corrected chi connectivity index (χ0v) is 19.1. The second kappa shape index (κ2) is 11.8. The summed E-state index contributed by atoms with van der Waals surface area (Å²) < 4.78 is 5.72. The highest BCUT2D eigenvalue weighted by Crippen LogP contribution is 2.26. The van der Waals surface area contributed by atoms with Gasteiger partial charge < -0.3 is 15.0 Å². The van der Waals surface area contributed by atoms with E-state index in [0.717, 1.165) is 18.4 Å². The second-order valence-electron chi connectivity index (χ2n) is 7.10. The van der Waals surface area contributed by atoms with Crippen LogP contribution >= 0.6 is 23.2 Å². The zero-order valence-electron chi connectivity index (χ0n) is 17.6. The Bertz CT molecular complexity index is 853. The quantitative estimate of drug-likeness (QED) is 0.517. The molecule has 0 heterocycles. The molecule has 0 fully saturated rings. The van der Waals surface area contributed by atoms with Crippen molar-refractivity contribution in [1.82, 2.24) is 10.2 Å². The lowest BCUT2D eigenvalue weighted by Crippen LogP contribution is -2.49. The summed E-state index contributed by atoms with van der Waals surface area (Å²) in [5.74, 6) is 0.0740. The number of halogens is 2. The van der Waals surface area contributed by atoms with E-state index >= 15 is 0 Å². The van der Waals surface area contributed by atoms with Crippen LogP contribution in [0.4, 0.5) is 0 Å². The van der Waals surface area contributed by atoms with E-state index in [-0.39, 0.29) is 25.0 Å². The van der Waals surface area contributed by atoms with Crippen LogP contribution < -0.4 is 10.1 Å². The van der Waals surface area contributed by atoms with E-state index < -0.39 is 6.04 Å². The molecule has 0 aliphatic carbocycles. The Balaban J connectivity index is 2.19. The lowest BCUT2D eigenvalue weighted by molar-refractivity contribution is -0.142. The van der Waals surface area contributed by atoms with E-state index in [0.29, 0.717) is 27.9 Å². The Hall–Kier alpha value is -2.24. The first-order valence-electron chi connectivity index (χ1n) is 10.0. The third-order valence-corrected chi connectivity index (χ3v) is 5.54. The van der Waals surface area contributed by atoms with Gasteiger partial charge in [-0.15, -0.1) is 0 Å². The number of ether oxygens (including phenoxy) is 1. The average Bonchev–Trinajstić information content (AvgIpc) is 2.72. The van der Waals surface area contributed by atoms with Crippen LogP contribution in [0, 0.1) is 6.92 Å². The molecule has 30 heavy (non-hydrogen) atoms. The van der Waals surface area contributed by atoms with Crippen LogP contribution in [0.15, 0.2) is 42.5 Å². The van der Waals surface area contributed by atoms with E-state index in [9.17, 15) is 9.59 Å². The molecule has 1 atom stereocenters. The Kier molecular flexibility index (Phi) is 9.47. The molecule has 162 valence electrons. The molecular weight excluding hydrogens is 423 g/mol. The molecule has 0 unspecified atom stereocenters. The minimum atomic E-state index is -0.706. The standard InChI is InChI=1S/C23H28Cl2N2O3/c1-4-5-13-26-23(29)17(3)27(14-18-19(24)10-8-11-20(18)25)22(28)15-30-21-12-7-6-9-16(21)2/h6-12,17H,4-5,13-15H2,1-3H3,(H,26,29)/t17-/m0/s1. The number of hydrogen-bond acceptors (Lipinski definition) is 3. The number of rotatable bonds is 10. The maximum absolute atomic E-state index is 13.1. The topological polar surface area (TPSA) is 58.6 Å². The predicted octanol–water partition coefficient (Wildman–Crippen LogP) is 5.01. The summed E-state index contributed by atoms with van der Waals surface area (Å²) in [5.41, 5.74) is 1.52. The van der Waals surface area contributed by atoms with Crippen molar-refractivity contribution >= 4 is 35.0 Å². The van der Waals surface area contributed by atoms with Crippen molar-refractivity contribution in [2.75, 3.05) is 13.2 Å². The maximum atomic E-state index is 13.1. The SMILES string of the molecule is CCCCNC(=O)[C@H](C)N(Cc1c(Cl)cccc1Cl)C(=O)COc1ccccc1C. The van der Waals surface area contributed by atoms with Crippen LogP contribution in [0.1, 0.15) is 37.8 Å². The number of nitrogens with one attached hydrogen (secondary N) is 1. The van der Waals surface area contributed by atoms with Gasteiger partial charge in [-0.3, -0.25) is 9.59 Å². The molecule has 0 spiro atoms. The molecule has 0 saturated heterocycles. The van der Waals surface area contributed by atoms with Crippen LogP contribution in [-0.4, -0.2) is 35.9 Å². The van der Waals surface area contributed by atoms with Gasteiger partial charge in [0, 0.05) is 28.7 Å². The smallest absolute Gasteiger partial charge is 0.261 e. The van der Waals surface area contributed by atoms with Gasteiger partial charge >= 0.3 is 0 Å². The molecule has 2 aromatic carbocycles. The summed E-state index contributed by atoms with van der Waals surface area (Å²) in [6.07, 6.45) is 1.84. The lowest BCUT2D eigenvalue weighted by Gasteiger charge is -2.29. The number of benzene rings is 2. The molecule has 2 rings (SSSR count). The second-order valence-corrected chi connectivity index (χ2v) is 7.91. The van der Waals surface area contributed by atoms with Crippen molar-refractivity contribution in [3.05, 3.63) is 63.6 Å². The predicted molar refractivity (Wildman–Crippen MR) is 121 cm³/mol. The Labute approximate surface area is 188 Å². The molecule has 0 radical (unpaired) electrons. The fourth-order valence-corrected chi connectivity index (χ4v) is 3.43. The van der Waals surface area contributed by atoms with Crippen molar-refractivity contribution < 1.29 is 14.3 Å². The first-order valence-corrected chi connectivity index (χ1v) is 10.8. The summed E-state index contributed by atoms with van der Waals surface area (Å²) in [4.78, 5) is 27.2. The first kappa shape index (κ1) is 24.0. The van der Waals surface area contributed by atoms with E-state index in [1.165, 1.54) is 4.90 Å². The van der Waals surface area contributed by atoms with Crippen LogP contribution in [-0.2, 0) is 16.1 Å². The monoisotopic (exact) mass is 450 g/mol. The van der Waals surface area contributed by atoms with Gasteiger partial charge in [-0.25, -0.2) is 0 Å². The number of aryl methyl sites for hydroxylation is 1. The Morgan fingerprint density at radius 1 is 1.10 bits per heavy atom. The average molecular weight is 451 g/mol. The van der Waals surface area contributed by atoms with Crippen molar-refractivity contribution in [2.45, 2.75) is 46.2 Å². The Morgan fingerprint density at radius 2 is 1.77 bits per heavy atom. The number of hydrogen-bond donors (Lipinski definition) is 1. The summed E-state index contributed by atoms with van der Waals surface area (Å²) in [6.45, 7) is 6.13. The highest BCUT2D eigenvalue weighted by Gasteiger charge is 2.27. The highest BCUT2D eigenvalue weighted by atomic mass is 35.5. The number of nitrogens with zero attached hydrogens (tertiary/aromatic N) is 1.